The van der Waals surface area contributed by atoms with Crippen molar-refractivity contribution in [3.63, 3.8) is 0 Å². The molecule has 3 N–H and O–H groups in total. The average molecular weight is 267 g/mol. The Kier molecular flexibility index (Phi) is 3.16. The number of nitrogens with one attached hydrogen (secondary N) is 2. The highest BCUT2D eigenvalue weighted by Gasteiger charge is 2.11. The van der Waals surface area contributed by atoms with Crippen molar-refractivity contribution in [1.29, 1.82) is 0 Å². The van der Waals surface area contributed by atoms with Crippen LogP contribution in [0.1, 0.15) is 23.0 Å². The standard InChI is InChI=1S/C16H17N3O/c1-10-7-11(2)13-9-15(19-14(13)8-10)16(20)18-12-3-5-17-6-4-12/h3-9,16,19-20H,1-2H3,(H,17,18). The van der Waals surface area contributed by atoms with Gasteiger partial charge in [0.1, 0.15) is 0 Å². The third-order valence-electron chi connectivity index (χ3n) is 3.39. The number of aliphatic hydroxyl groups is 1. The summed E-state index contributed by atoms with van der Waals surface area (Å²) in [6, 6.07) is 9.86. The first-order valence-corrected chi connectivity index (χ1v) is 6.58. The minimum Gasteiger partial charge on any atom is -0.368 e. The molecule has 3 aromatic rings. The van der Waals surface area contributed by atoms with E-state index in [1.807, 2.05) is 18.2 Å². The summed E-state index contributed by atoms with van der Waals surface area (Å²) in [5.74, 6) is 0. The fourth-order valence-electron chi connectivity index (χ4n) is 2.45. The van der Waals surface area contributed by atoms with Crippen molar-refractivity contribution < 1.29 is 5.11 Å². The maximum atomic E-state index is 10.3. The van der Waals surface area contributed by atoms with Gasteiger partial charge in [0.2, 0.25) is 0 Å². The number of aromatic amines is 1. The Bertz CT molecular complexity index is 734. The summed E-state index contributed by atoms with van der Waals surface area (Å²) >= 11 is 0. The van der Waals surface area contributed by atoms with E-state index in [1.165, 1.54) is 11.1 Å². The molecule has 0 radical (unpaired) electrons. The summed E-state index contributed by atoms with van der Waals surface area (Å²) in [6.07, 6.45) is 2.60. The van der Waals surface area contributed by atoms with E-state index in [4.69, 9.17) is 0 Å². The van der Waals surface area contributed by atoms with Gasteiger partial charge in [-0.3, -0.25) is 4.98 Å². The summed E-state index contributed by atoms with van der Waals surface area (Å²) in [5, 5.41) is 14.4. The Morgan fingerprint density at radius 1 is 1.15 bits per heavy atom. The minimum atomic E-state index is -0.774. The van der Waals surface area contributed by atoms with Crippen LogP contribution in [0, 0.1) is 13.8 Å². The number of hydrogen-bond acceptors (Lipinski definition) is 3. The van der Waals surface area contributed by atoms with Gasteiger partial charge in [0.15, 0.2) is 6.23 Å². The van der Waals surface area contributed by atoms with Gasteiger partial charge < -0.3 is 15.4 Å². The van der Waals surface area contributed by atoms with E-state index in [0.717, 1.165) is 22.3 Å². The van der Waals surface area contributed by atoms with Gasteiger partial charge in [-0.25, -0.2) is 0 Å². The molecule has 2 aromatic heterocycles. The van der Waals surface area contributed by atoms with Crippen LogP contribution in [0.4, 0.5) is 5.69 Å². The molecule has 0 saturated heterocycles. The van der Waals surface area contributed by atoms with E-state index >= 15 is 0 Å². The highest BCUT2D eigenvalue weighted by atomic mass is 16.3. The van der Waals surface area contributed by atoms with Gasteiger partial charge in [0, 0.05) is 29.0 Å². The first-order valence-electron chi connectivity index (χ1n) is 6.58. The van der Waals surface area contributed by atoms with Gasteiger partial charge in [0.25, 0.3) is 0 Å². The molecule has 2 heterocycles. The fraction of sp³-hybridized carbons (Fsp3) is 0.188. The number of fused-ring (bicyclic) bond motifs is 1. The van der Waals surface area contributed by atoms with Gasteiger partial charge in [-0.15, -0.1) is 0 Å². The van der Waals surface area contributed by atoms with Crippen molar-refractivity contribution in [2.75, 3.05) is 5.32 Å². The molecule has 0 bridgehead atoms. The Balaban J connectivity index is 1.92. The van der Waals surface area contributed by atoms with E-state index in [-0.39, 0.29) is 0 Å². The molecule has 0 aliphatic heterocycles. The molecule has 4 nitrogen and oxygen atoms in total. The van der Waals surface area contributed by atoms with Crippen LogP contribution >= 0.6 is 0 Å². The van der Waals surface area contributed by atoms with Crippen LogP contribution in [0.15, 0.2) is 42.7 Å². The second kappa shape index (κ2) is 4.98. The van der Waals surface area contributed by atoms with Gasteiger partial charge in [-0.1, -0.05) is 6.07 Å². The first kappa shape index (κ1) is 12.7. The predicted octanol–water partition coefficient (Wildman–Crippen LogP) is 3.28. The molecule has 1 unspecified atom stereocenters. The predicted molar refractivity (Wildman–Crippen MR) is 80.6 cm³/mol. The number of aromatic nitrogens is 2. The molecular weight excluding hydrogens is 250 g/mol. The van der Waals surface area contributed by atoms with E-state index in [9.17, 15) is 5.11 Å². The zero-order valence-electron chi connectivity index (χ0n) is 11.5. The molecule has 0 aliphatic carbocycles. The second-order valence-corrected chi connectivity index (χ2v) is 5.05. The fourth-order valence-corrected chi connectivity index (χ4v) is 2.45. The van der Waals surface area contributed by atoms with Crippen molar-refractivity contribution in [2.45, 2.75) is 20.1 Å². The molecule has 1 aromatic carbocycles. The second-order valence-electron chi connectivity index (χ2n) is 5.05. The van der Waals surface area contributed by atoms with Crippen molar-refractivity contribution >= 4 is 16.6 Å². The Morgan fingerprint density at radius 2 is 1.90 bits per heavy atom. The zero-order valence-corrected chi connectivity index (χ0v) is 11.5. The zero-order chi connectivity index (χ0) is 14.1. The third kappa shape index (κ3) is 2.38. The van der Waals surface area contributed by atoms with E-state index in [2.05, 4.69) is 41.3 Å². The van der Waals surface area contributed by atoms with Crippen molar-refractivity contribution in [3.05, 3.63) is 59.5 Å². The Morgan fingerprint density at radius 3 is 2.65 bits per heavy atom. The van der Waals surface area contributed by atoms with Crippen LogP contribution in [0.5, 0.6) is 0 Å². The molecule has 20 heavy (non-hydrogen) atoms. The smallest absolute Gasteiger partial charge is 0.165 e. The maximum absolute atomic E-state index is 10.3. The normalized spacial score (nSPS) is 12.6. The molecule has 3 rings (SSSR count). The maximum Gasteiger partial charge on any atom is 0.165 e. The molecular formula is C16H17N3O. The third-order valence-corrected chi connectivity index (χ3v) is 3.39. The van der Waals surface area contributed by atoms with Gasteiger partial charge >= 0.3 is 0 Å². The molecule has 1 atom stereocenters. The SMILES string of the molecule is Cc1cc(C)c2cc(C(O)Nc3ccncc3)[nH]c2c1. The lowest BCUT2D eigenvalue weighted by Crippen LogP contribution is -2.09. The van der Waals surface area contributed by atoms with Crippen molar-refractivity contribution in [1.82, 2.24) is 9.97 Å². The van der Waals surface area contributed by atoms with Gasteiger partial charge in [-0.2, -0.15) is 0 Å². The highest BCUT2D eigenvalue weighted by molar-refractivity contribution is 5.84. The van der Waals surface area contributed by atoms with Gasteiger partial charge in [-0.05, 0) is 49.2 Å². The number of nitrogens with zero attached hydrogens (tertiary/aromatic N) is 1. The summed E-state index contributed by atoms with van der Waals surface area (Å²) in [4.78, 5) is 7.22. The number of anilines is 1. The number of pyridine rings is 1. The van der Waals surface area contributed by atoms with Crippen LogP contribution in [0.2, 0.25) is 0 Å². The van der Waals surface area contributed by atoms with Crippen LogP contribution < -0.4 is 5.32 Å². The largest absolute Gasteiger partial charge is 0.368 e. The topological polar surface area (TPSA) is 60.9 Å². The number of aryl methyl sites for hydroxylation is 2. The lowest BCUT2D eigenvalue weighted by atomic mass is 10.1. The molecule has 102 valence electrons. The molecule has 0 saturated carbocycles. The molecule has 0 spiro atoms. The lowest BCUT2D eigenvalue weighted by molar-refractivity contribution is 0.204. The number of benzene rings is 1. The first-order chi connectivity index (χ1) is 9.63. The molecule has 0 amide bonds. The average Bonchev–Trinajstić information content (AvgIpc) is 2.84. The van der Waals surface area contributed by atoms with Gasteiger partial charge in [0.05, 0.1) is 5.69 Å². The lowest BCUT2D eigenvalue weighted by Gasteiger charge is -2.12. The number of aliphatic hydroxyl groups excluding tert-OH is 1. The molecule has 0 aliphatic rings. The number of hydrogen-bond donors (Lipinski definition) is 3. The summed E-state index contributed by atoms with van der Waals surface area (Å²) in [5.41, 5.74) is 5.05. The highest BCUT2D eigenvalue weighted by Crippen LogP contribution is 2.25. The summed E-state index contributed by atoms with van der Waals surface area (Å²) in [6.45, 7) is 4.15. The summed E-state index contributed by atoms with van der Waals surface area (Å²) < 4.78 is 0. The van der Waals surface area contributed by atoms with Crippen molar-refractivity contribution in [3.8, 4) is 0 Å². The van der Waals surface area contributed by atoms with Crippen LogP contribution in [0.25, 0.3) is 10.9 Å². The monoisotopic (exact) mass is 267 g/mol. The van der Waals surface area contributed by atoms with Crippen LogP contribution in [0.3, 0.4) is 0 Å². The molecule has 0 fully saturated rings. The van der Waals surface area contributed by atoms with E-state index in [1.54, 1.807) is 12.4 Å². The number of rotatable bonds is 3. The van der Waals surface area contributed by atoms with E-state index < -0.39 is 6.23 Å². The van der Waals surface area contributed by atoms with E-state index in [0.29, 0.717) is 0 Å². The minimum absolute atomic E-state index is 0.755. The van der Waals surface area contributed by atoms with Crippen molar-refractivity contribution in [2.24, 2.45) is 0 Å². The summed E-state index contributed by atoms with van der Waals surface area (Å²) in [7, 11) is 0. The Labute approximate surface area is 117 Å². The van der Waals surface area contributed by atoms with Crippen LogP contribution in [-0.4, -0.2) is 15.1 Å². The quantitative estimate of drug-likeness (QED) is 0.638. The number of H-pyrrole nitrogens is 1. The Hall–Kier alpha value is -2.33. The molecule has 4 heteroatoms. The van der Waals surface area contributed by atoms with Crippen LogP contribution in [-0.2, 0) is 0 Å².